The van der Waals surface area contributed by atoms with Crippen molar-refractivity contribution < 1.29 is 22.8 Å². The van der Waals surface area contributed by atoms with Gasteiger partial charge in [0.1, 0.15) is 12.4 Å². The summed E-state index contributed by atoms with van der Waals surface area (Å²) in [6, 6.07) is 10.3. The number of amides is 2. The first-order valence-electron chi connectivity index (χ1n) is 9.08. The van der Waals surface area contributed by atoms with Gasteiger partial charge >= 0.3 is 11.4 Å². The van der Waals surface area contributed by atoms with E-state index in [0.717, 1.165) is 34.4 Å². The number of fused-ring (bicyclic) bond motifs is 1. The first-order valence-corrected chi connectivity index (χ1v) is 10.1. The highest BCUT2D eigenvalue weighted by atomic mass is 32.2. The van der Waals surface area contributed by atoms with Crippen molar-refractivity contribution in [1.29, 1.82) is 0 Å². The fraction of sp³-hybridized carbons (Fsp3) is 0.200. The molecule has 1 aliphatic heterocycles. The number of hydrazone groups is 1. The number of aromatic nitrogens is 2. The molecule has 4 rings (SSSR count). The van der Waals surface area contributed by atoms with Gasteiger partial charge in [0, 0.05) is 23.9 Å². The predicted octanol–water partition coefficient (Wildman–Crippen LogP) is 3.62. The lowest BCUT2D eigenvalue weighted by atomic mass is 10.1. The monoisotopic (exact) mass is 447 g/mol. The second-order valence-electron chi connectivity index (χ2n) is 6.90. The van der Waals surface area contributed by atoms with Crippen LogP contribution < -0.4 is 5.73 Å². The molecule has 2 heterocycles. The number of halogens is 3. The topological polar surface area (TPSA) is 93.6 Å². The maximum absolute atomic E-state index is 13.1. The minimum Gasteiger partial charge on any atom is -0.368 e. The van der Waals surface area contributed by atoms with E-state index in [9.17, 15) is 22.8 Å². The molecule has 0 aliphatic carbocycles. The van der Waals surface area contributed by atoms with Gasteiger partial charge in [-0.05, 0) is 24.3 Å². The molecule has 0 bridgehead atoms. The van der Waals surface area contributed by atoms with E-state index >= 15 is 0 Å². The number of imidazole rings is 1. The van der Waals surface area contributed by atoms with Crippen LogP contribution in [0.3, 0.4) is 0 Å². The lowest BCUT2D eigenvalue weighted by molar-refractivity contribution is -0.137. The largest absolute Gasteiger partial charge is 0.416 e. The Morgan fingerprint density at radius 1 is 1.19 bits per heavy atom. The van der Waals surface area contributed by atoms with E-state index < -0.39 is 17.6 Å². The summed E-state index contributed by atoms with van der Waals surface area (Å²) in [6.45, 7) is -0.319. The molecule has 0 atom stereocenters. The van der Waals surface area contributed by atoms with Crippen LogP contribution >= 0.6 is 11.8 Å². The zero-order chi connectivity index (χ0) is 22.3. The molecule has 0 radical (unpaired) electrons. The molecular formula is C20H16F3N5O2S. The predicted molar refractivity (Wildman–Crippen MR) is 111 cm³/mol. The normalized spacial score (nSPS) is 14.8. The van der Waals surface area contributed by atoms with Crippen LogP contribution in [0.15, 0.2) is 47.6 Å². The number of hydrogen-bond donors (Lipinski definition) is 1. The second-order valence-corrected chi connectivity index (χ2v) is 7.83. The van der Waals surface area contributed by atoms with Gasteiger partial charge < -0.3 is 10.3 Å². The fourth-order valence-electron chi connectivity index (χ4n) is 3.28. The molecule has 160 valence electrons. The highest BCUT2D eigenvalue weighted by molar-refractivity contribution is 8.14. The van der Waals surface area contributed by atoms with Gasteiger partial charge in [0.05, 0.1) is 22.3 Å². The van der Waals surface area contributed by atoms with Gasteiger partial charge in [0.2, 0.25) is 5.91 Å². The van der Waals surface area contributed by atoms with E-state index in [4.69, 9.17) is 5.73 Å². The Bertz CT molecular complexity index is 1240. The number of nitrogens with two attached hydrogens (primary N) is 1. The minimum absolute atomic E-state index is 0.312. The van der Waals surface area contributed by atoms with Crippen LogP contribution in [0.5, 0.6) is 0 Å². The molecule has 7 nitrogen and oxygen atoms in total. The number of alkyl halides is 3. The van der Waals surface area contributed by atoms with Crippen LogP contribution in [0.4, 0.5) is 18.0 Å². The van der Waals surface area contributed by atoms with Crippen molar-refractivity contribution in [2.24, 2.45) is 17.9 Å². The van der Waals surface area contributed by atoms with E-state index in [0.29, 0.717) is 33.9 Å². The van der Waals surface area contributed by atoms with Crippen molar-refractivity contribution in [2.75, 3.05) is 12.3 Å². The first-order chi connectivity index (χ1) is 14.6. The summed E-state index contributed by atoms with van der Waals surface area (Å²) in [5.41, 5.74) is 7.32. The van der Waals surface area contributed by atoms with Crippen molar-refractivity contribution in [2.45, 2.75) is 6.18 Å². The number of thioether (sulfide) groups is 1. The third-order valence-electron chi connectivity index (χ3n) is 4.75. The number of primary amides is 1. The van der Waals surface area contributed by atoms with E-state index in [1.54, 1.807) is 35.9 Å². The van der Waals surface area contributed by atoms with Gasteiger partial charge in [-0.15, -0.1) is 0 Å². The Labute approximate surface area is 178 Å². The van der Waals surface area contributed by atoms with Crippen LogP contribution in [-0.2, 0) is 18.0 Å². The van der Waals surface area contributed by atoms with Gasteiger partial charge in [-0.1, -0.05) is 30.0 Å². The first kappa shape index (κ1) is 20.9. The zero-order valence-electron chi connectivity index (χ0n) is 16.2. The van der Waals surface area contributed by atoms with Crippen LogP contribution in [0.2, 0.25) is 0 Å². The standard InChI is InChI=1S/C20H16F3N5O2S/c1-27-16-6-5-11(15-10-31-19(30)28(26-15)9-17(24)29)8-14(16)25-18(27)12-3-2-4-13(7-12)20(21,22)23/h2-8H,9-10H2,1H3,(H2,24,29). The van der Waals surface area contributed by atoms with Crippen molar-refractivity contribution >= 4 is 39.7 Å². The molecule has 0 spiro atoms. The fourth-order valence-corrected chi connectivity index (χ4v) is 4.02. The number of carbonyl (C=O) groups is 2. The number of hydrogen-bond acceptors (Lipinski definition) is 5. The van der Waals surface area contributed by atoms with Gasteiger partial charge in [-0.2, -0.15) is 18.3 Å². The third-order valence-corrected chi connectivity index (χ3v) is 5.63. The maximum atomic E-state index is 13.1. The Balaban J connectivity index is 1.74. The molecule has 0 saturated heterocycles. The zero-order valence-corrected chi connectivity index (χ0v) is 17.0. The molecular weight excluding hydrogens is 431 g/mol. The molecule has 2 aromatic carbocycles. The Hall–Kier alpha value is -3.34. The van der Waals surface area contributed by atoms with Gasteiger partial charge in [0.15, 0.2) is 0 Å². The summed E-state index contributed by atoms with van der Waals surface area (Å²) < 4.78 is 41.0. The summed E-state index contributed by atoms with van der Waals surface area (Å²) >= 11 is 1.00. The highest BCUT2D eigenvalue weighted by Gasteiger charge is 2.31. The lowest BCUT2D eigenvalue weighted by Gasteiger charge is -2.21. The van der Waals surface area contributed by atoms with Crippen molar-refractivity contribution in [3.63, 3.8) is 0 Å². The van der Waals surface area contributed by atoms with Crippen LogP contribution in [0.25, 0.3) is 22.4 Å². The number of rotatable bonds is 4. The minimum atomic E-state index is -4.45. The Morgan fingerprint density at radius 3 is 2.68 bits per heavy atom. The van der Waals surface area contributed by atoms with Crippen LogP contribution in [0, 0.1) is 0 Å². The highest BCUT2D eigenvalue weighted by Crippen LogP contribution is 2.33. The van der Waals surface area contributed by atoms with Crippen LogP contribution in [-0.4, -0.2) is 43.7 Å². The second kappa shape index (κ2) is 7.73. The van der Waals surface area contributed by atoms with E-state index in [1.807, 2.05) is 0 Å². The third kappa shape index (κ3) is 4.13. The average molecular weight is 447 g/mol. The number of benzene rings is 2. The molecule has 2 amide bonds. The quantitative estimate of drug-likeness (QED) is 0.661. The molecule has 11 heteroatoms. The Kier molecular flexibility index (Phi) is 5.21. The van der Waals surface area contributed by atoms with Crippen molar-refractivity contribution in [1.82, 2.24) is 14.6 Å². The smallest absolute Gasteiger partial charge is 0.368 e. The molecule has 0 unspecified atom stereocenters. The molecule has 1 aliphatic rings. The molecule has 1 aromatic heterocycles. The summed E-state index contributed by atoms with van der Waals surface area (Å²) in [5.74, 6) is 0.0287. The summed E-state index contributed by atoms with van der Waals surface area (Å²) in [4.78, 5) is 27.6. The summed E-state index contributed by atoms with van der Waals surface area (Å²) in [5, 5.41) is 4.87. The number of carbonyl (C=O) groups excluding carboxylic acids is 2. The lowest BCUT2D eigenvalue weighted by Crippen LogP contribution is -2.36. The molecule has 3 aromatic rings. The summed E-state index contributed by atoms with van der Waals surface area (Å²) in [6.07, 6.45) is -4.45. The van der Waals surface area contributed by atoms with E-state index in [1.165, 1.54) is 6.07 Å². The van der Waals surface area contributed by atoms with Gasteiger partial charge in [-0.3, -0.25) is 9.59 Å². The van der Waals surface area contributed by atoms with E-state index in [-0.39, 0.29) is 11.8 Å². The average Bonchev–Trinajstić information content (AvgIpc) is 3.05. The molecule has 2 N–H and O–H groups in total. The van der Waals surface area contributed by atoms with Crippen LogP contribution in [0.1, 0.15) is 11.1 Å². The summed E-state index contributed by atoms with van der Waals surface area (Å²) in [7, 11) is 1.73. The molecule has 31 heavy (non-hydrogen) atoms. The van der Waals surface area contributed by atoms with E-state index in [2.05, 4.69) is 10.1 Å². The van der Waals surface area contributed by atoms with Crippen molar-refractivity contribution in [3.05, 3.63) is 53.6 Å². The van der Waals surface area contributed by atoms with Gasteiger partial charge in [0.25, 0.3) is 0 Å². The Morgan fingerprint density at radius 2 is 1.97 bits per heavy atom. The van der Waals surface area contributed by atoms with Crippen molar-refractivity contribution in [3.8, 4) is 11.4 Å². The SMILES string of the molecule is Cn1c(-c2cccc(C(F)(F)F)c2)nc2cc(C3=NN(CC(N)=O)C(=O)SC3)ccc21. The molecule has 0 fully saturated rings. The number of nitrogens with zero attached hydrogens (tertiary/aromatic N) is 4. The molecule has 0 saturated carbocycles. The van der Waals surface area contributed by atoms with Gasteiger partial charge in [-0.25, -0.2) is 9.99 Å². The number of aryl methyl sites for hydroxylation is 1. The maximum Gasteiger partial charge on any atom is 0.416 e.